The van der Waals surface area contributed by atoms with E-state index in [1.807, 2.05) is 0 Å². The summed E-state index contributed by atoms with van der Waals surface area (Å²) in [5, 5.41) is 3.75. The maximum absolute atomic E-state index is 3.75. The second-order valence-electron chi connectivity index (χ2n) is 6.43. The Labute approximate surface area is 112 Å². The molecule has 3 atom stereocenters. The minimum Gasteiger partial charge on any atom is -0.382 e. The summed E-state index contributed by atoms with van der Waals surface area (Å²) in [6, 6.07) is 9.57. The Balaban J connectivity index is 2.02. The van der Waals surface area contributed by atoms with Gasteiger partial charge in [0, 0.05) is 11.7 Å². The predicted octanol–water partition coefficient (Wildman–Crippen LogP) is 5.05. The van der Waals surface area contributed by atoms with E-state index >= 15 is 0 Å². The maximum Gasteiger partial charge on any atom is 0.0345 e. The zero-order chi connectivity index (χ0) is 13.1. The Kier molecular flexibility index (Phi) is 4.31. The highest BCUT2D eigenvalue weighted by Gasteiger charge is 2.25. The van der Waals surface area contributed by atoms with Crippen LogP contribution in [-0.2, 0) is 0 Å². The third kappa shape index (κ3) is 3.28. The molecule has 0 amide bonds. The molecule has 0 radical (unpaired) electrons. The van der Waals surface area contributed by atoms with Crippen molar-refractivity contribution in [2.24, 2.45) is 11.8 Å². The summed E-state index contributed by atoms with van der Waals surface area (Å²) in [5.41, 5.74) is 2.73. The van der Waals surface area contributed by atoms with Crippen LogP contribution in [0, 0.1) is 11.8 Å². The van der Waals surface area contributed by atoms with E-state index in [0.29, 0.717) is 12.0 Å². The molecule has 1 aromatic carbocycles. The van der Waals surface area contributed by atoms with Crippen molar-refractivity contribution in [1.29, 1.82) is 0 Å². The third-order valence-electron chi connectivity index (χ3n) is 4.34. The number of nitrogens with one attached hydrogen (secondary N) is 1. The molecule has 1 heteroatoms. The minimum absolute atomic E-state index is 0.607. The van der Waals surface area contributed by atoms with Crippen molar-refractivity contribution < 1.29 is 0 Å². The molecule has 0 aliphatic heterocycles. The molecule has 2 rings (SSSR count). The molecule has 1 N–H and O–H groups in total. The van der Waals surface area contributed by atoms with Crippen LogP contribution in [0.1, 0.15) is 58.4 Å². The lowest BCUT2D eigenvalue weighted by atomic mass is 9.80. The molecular weight excluding hydrogens is 218 g/mol. The van der Waals surface area contributed by atoms with Crippen LogP contribution in [0.4, 0.5) is 5.69 Å². The maximum atomic E-state index is 3.75. The fourth-order valence-electron chi connectivity index (χ4n) is 3.08. The van der Waals surface area contributed by atoms with Gasteiger partial charge in [-0.25, -0.2) is 0 Å². The monoisotopic (exact) mass is 245 g/mol. The van der Waals surface area contributed by atoms with Gasteiger partial charge in [0.25, 0.3) is 0 Å². The van der Waals surface area contributed by atoms with Crippen LogP contribution in [0.3, 0.4) is 0 Å². The Hall–Kier alpha value is -0.980. The third-order valence-corrected chi connectivity index (χ3v) is 4.34. The summed E-state index contributed by atoms with van der Waals surface area (Å²) >= 11 is 0. The largest absolute Gasteiger partial charge is 0.382 e. The van der Waals surface area contributed by atoms with Gasteiger partial charge in [0.05, 0.1) is 0 Å². The van der Waals surface area contributed by atoms with Crippen LogP contribution < -0.4 is 5.32 Å². The Morgan fingerprint density at radius 2 is 1.94 bits per heavy atom. The first-order valence-electron chi connectivity index (χ1n) is 7.42. The number of hydrogen-bond donors (Lipinski definition) is 1. The molecule has 0 heterocycles. The van der Waals surface area contributed by atoms with Gasteiger partial charge >= 0.3 is 0 Å². The molecule has 0 aromatic heterocycles. The zero-order valence-electron chi connectivity index (χ0n) is 12.2. The second-order valence-corrected chi connectivity index (χ2v) is 6.43. The normalized spacial score (nSPS) is 28.4. The number of rotatable bonds is 3. The van der Waals surface area contributed by atoms with Gasteiger partial charge in [0.1, 0.15) is 0 Å². The first kappa shape index (κ1) is 13.5. The SMILES string of the molecule is CC1CCC(Nc2cccc(C(C)C)c2)C(C)C1. The first-order valence-corrected chi connectivity index (χ1v) is 7.42. The Bertz CT molecular complexity index is 383. The van der Waals surface area contributed by atoms with Gasteiger partial charge in [-0.15, -0.1) is 0 Å². The zero-order valence-corrected chi connectivity index (χ0v) is 12.2. The van der Waals surface area contributed by atoms with E-state index in [1.165, 1.54) is 30.5 Å². The van der Waals surface area contributed by atoms with Gasteiger partial charge in [-0.1, -0.05) is 39.8 Å². The topological polar surface area (TPSA) is 12.0 Å². The molecule has 1 saturated carbocycles. The molecule has 1 nitrogen and oxygen atoms in total. The smallest absolute Gasteiger partial charge is 0.0345 e. The molecule has 18 heavy (non-hydrogen) atoms. The minimum atomic E-state index is 0.607. The van der Waals surface area contributed by atoms with Gasteiger partial charge < -0.3 is 5.32 Å². The van der Waals surface area contributed by atoms with Crippen LogP contribution in [0.25, 0.3) is 0 Å². The average Bonchev–Trinajstić information content (AvgIpc) is 2.33. The summed E-state index contributed by atoms with van der Waals surface area (Å²) in [4.78, 5) is 0. The van der Waals surface area contributed by atoms with E-state index in [4.69, 9.17) is 0 Å². The summed E-state index contributed by atoms with van der Waals surface area (Å²) in [5.74, 6) is 2.30. The second kappa shape index (κ2) is 5.77. The molecule has 3 unspecified atom stereocenters. The van der Waals surface area contributed by atoms with Crippen LogP contribution >= 0.6 is 0 Å². The molecule has 1 aromatic rings. The molecule has 1 aliphatic carbocycles. The summed E-state index contributed by atoms with van der Waals surface area (Å²) in [6.45, 7) is 9.28. The van der Waals surface area contributed by atoms with Crippen LogP contribution in [0.2, 0.25) is 0 Å². The van der Waals surface area contributed by atoms with Crippen LogP contribution in [0.5, 0.6) is 0 Å². The summed E-state index contributed by atoms with van der Waals surface area (Å²) in [7, 11) is 0. The first-order chi connectivity index (χ1) is 8.56. The van der Waals surface area contributed by atoms with Gasteiger partial charge in [0.15, 0.2) is 0 Å². The van der Waals surface area contributed by atoms with Gasteiger partial charge in [-0.05, 0) is 54.7 Å². The van der Waals surface area contributed by atoms with Crippen molar-refractivity contribution in [3.05, 3.63) is 29.8 Å². The van der Waals surface area contributed by atoms with Crippen molar-refractivity contribution >= 4 is 5.69 Å². The molecular formula is C17H27N. The van der Waals surface area contributed by atoms with E-state index in [-0.39, 0.29) is 0 Å². The van der Waals surface area contributed by atoms with E-state index < -0.39 is 0 Å². The molecule has 1 fully saturated rings. The van der Waals surface area contributed by atoms with E-state index in [9.17, 15) is 0 Å². The van der Waals surface area contributed by atoms with Crippen molar-refractivity contribution in [3.63, 3.8) is 0 Å². The average molecular weight is 245 g/mol. The lowest BCUT2D eigenvalue weighted by Crippen LogP contribution is -2.33. The lowest BCUT2D eigenvalue weighted by Gasteiger charge is -2.34. The molecule has 0 spiro atoms. The lowest BCUT2D eigenvalue weighted by molar-refractivity contribution is 0.276. The van der Waals surface area contributed by atoms with Crippen LogP contribution in [0.15, 0.2) is 24.3 Å². The van der Waals surface area contributed by atoms with Gasteiger partial charge in [-0.2, -0.15) is 0 Å². The Morgan fingerprint density at radius 1 is 1.17 bits per heavy atom. The van der Waals surface area contributed by atoms with Crippen molar-refractivity contribution in [2.45, 2.75) is 58.9 Å². The number of hydrogen-bond acceptors (Lipinski definition) is 1. The molecule has 0 saturated heterocycles. The quantitative estimate of drug-likeness (QED) is 0.786. The molecule has 0 bridgehead atoms. The van der Waals surface area contributed by atoms with Crippen LogP contribution in [-0.4, -0.2) is 6.04 Å². The van der Waals surface area contributed by atoms with Gasteiger partial charge in [-0.3, -0.25) is 0 Å². The Morgan fingerprint density at radius 3 is 2.61 bits per heavy atom. The predicted molar refractivity (Wildman–Crippen MR) is 80.1 cm³/mol. The highest BCUT2D eigenvalue weighted by Crippen LogP contribution is 2.31. The summed E-state index contributed by atoms with van der Waals surface area (Å²) < 4.78 is 0. The van der Waals surface area contributed by atoms with E-state index in [1.54, 1.807) is 0 Å². The highest BCUT2D eigenvalue weighted by molar-refractivity contribution is 5.47. The van der Waals surface area contributed by atoms with Crippen molar-refractivity contribution in [2.75, 3.05) is 5.32 Å². The van der Waals surface area contributed by atoms with Gasteiger partial charge in [0.2, 0.25) is 0 Å². The van der Waals surface area contributed by atoms with E-state index in [0.717, 1.165) is 11.8 Å². The number of benzene rings is 1. The van der Waals surface area contributed by atoms with Crippen molar-refractivity contribution in [1.82, 2.24) is 0 Å². The summed E-state index contributed by atoms with van der Waals surface area (Å²) in [6.07, 6.45) is 4.04. The highest BCUT2D eigenvalue weighted by atomic mass is 14.9. The fraction of sp³-hybridized carbons (Fsp3) is 0.647. The van der Waals surface area contributed by atoms with Crippen molar-refractivity contribution in [3.8, 4) is 0 Å². The molecule has 100 valence electrons. The fourth-order valence-corrected chi connectivity index (χ4v) is 3.08. The number of anilines is 1. The molecule has 1 aliphatic rings. The van der Waals surface area contributed by atoms with E-state index in [2.05, 4.69) is 57.3 Å². The standard InChI is InChI=1S/C17H27N/c1-12(2)15-6-5-7-16(11-15)18-17-9-8-13(3)10-14(17)4/h5-7,11-14,17-18H,8-10H2,1-4H3.